The van der Waals surface area contributed by atoms with Crippen LogP contribution in [0.15, 0.2) is 164 Å². The molecule has 6 nitrogen and oxygen atoms in total. The molecule has 246 valence electrons. The van der Waals surface area contributed by atoms with Crippen molar-refractivity contribution in [3.8, 4) is 22.8 Å². The predicted octanol–water partition coefficient (Wildman–Crippen LogP) is 9.54. The number of carbonyl (C=O) groups excluding carboxylic acids is 1. The molecule has 0 amide bonds. The van der Waals surface area contributed by atoms with Gasteiger partial charge < -0.3 is 18.8 Å². The summed E-state index contributed by atoms with van der Waals surface area (Å²) in [4.78, 5) is 20.4. The van der Waals surface area contributed by atoms with Gasteiger partial charge in [-0.3, -0.25) is 9.78 Å². The molecule has 0 atom stereocenters. The molecule has 0 aliphatic rings. The Morgan fingerprint density at radius 3 is 1.86 bits per heavy atom. The second-order valence-corrected chi connectivity index (χ2v) is 12.0. The lowest BCUT2D eigenvalue weighted by atomic mass is 9.96. The van der Waals surface area contributed by atoms with E-state index in [0.717, 1.165) is 50.7 Å². The summed E-state index contributed by atoms with van der Waals surface area (Å²) in [7, 11) is 3.33. The molecule has 0 saturated heterocycles. The monoisotopic (exact) mass is 655 g/mol. The number of benzene rings is 4. The number of methoxy groups -OCH3 is 2. The van der Waals surface area contributed by atoms with Crippen LogP contribution in [0.4, 0.5) is 5.69 Å². The summed E-state index contributed by atoms with van der Waals surface area (Å²) in [6, 6.07) is 49.0. The average Bonchev–Trinajstić information content (AvgIpc) is 3.57. The van der Waals surface area contributed by atoms with E-state index in [4.69, 9.17) is 9.47 Å². The summed E-state index contributed by atoms with van der Waals surface area (Å²) < 4.78 is 13.2. The minimum absolute atomic E-state index is 0.166. The number of pyridine rings is 2. The highest BCUT2D eigenvalue weighted by atomic mass is 16.5. The van der Waals surface area contributed by atoms with Crippen molar-refractivity contribution < 1.29 is 14.3 Å². The van der Waals surface area contributed by atoms with Crippen molar-refractivity contribution in [2.75, 3.05) is 19.1 Å². The van der Waals surface area contributed by atoms with Gasteiger partial charge in [-0.05, 0) is 106 Å². The van der Waals surface area contributed by atoms with E-state index in [1.807, 2.05) is 60.7 Å². The van der Waals surface area contributed by atoms with Gasteiger partial charge in [0, 0.05) is 25.5 Å². The molecule has 3 aromatic heterocycles. The maximum absolute atomic E-state index is 13.6. The van der Waals surface area contributed by atoms with Crippen LogP contribution < -0.4 is 14.4 Å². The quantitative estimate of drug-likeness (QED) is 0.0970. The van der Waals surface area contributed by atoms with E-state index in [1.165, 1.54) is 11.1 Å². The lowest BCUT2D eigenvalue weighted by Crippen LogP contribution is -2.22. The van der Waals surface area contributed by atoms with E-state index < -0.39 is 0 Å². The highest BCUT2D eigenvalue weighted by molar-refractivity contribution is 6.09. The Balaban J connectivity index is 1.43. The van der Waals surface area contributed by atoms with Gasteiger partial charge in [0.25, 0.3) is 0 Å². The van der Waals surface area contributed by atoms with E-state index in [-0.39, 0.29) is 5.78 Å². The molecular formula is C44H37N3O3. The van der Waals surface area contributed by atoms with Crippen LogP contribution in [-0.2, 0) is 13.1 Å². The van der Waals surface area contributed by atoms with Gasteiger partial charge in [-0.2, -0.15) is 0 Å². The molecule has 4 aromatic carbocycles. The third kappa shape index (κ3) is 7.05. The zero-order valence-electron chi connectivity index (χ0n) is 28.1. The normalized spacial score (nSPS) is 11.4. The molecule has 0 N–H and O–H groups in total. The number of nitrogens with zero attached hydrogens (tertiary/aromatic N) is 3. The fourth-order valence-electron chi connectivity index (χ4n) is 6.24. The zero-order chi connectivity index (χ0) is 34.3. The van der Waals surface area contributed by atoms with Gasteiger partial charge in [0.15, 0.2) is 0 Å². The van der Waals surface area contributed by atoms with Gasteiger partial charge in [0.1, 0.15) is 17.2 Å². The minimum Gasteiger partial charge on any atom is -0.497 e. The number of hydrogen-bond donors (Lipinski definition) is 0. The summed E-state index contributed by atoms with van der Waals surface area (Å²) in [6.45, 7) is 1.42. The van der Waals surface area contributed by atoms with Crippen LogP contribution in [0.1, 0.15) is 32.7 Å². The Morgan fingerprint density at radius 2 is 1.28 bits per heavy atom. The van der Waals surface area contributed by atoms with Crippen LogP contribution in [-0.4, -0.2) is 29.4 Å². The zero-order valence-corrected chi connectivity index (χ0v) is 28.1. The van der Waals surface area contributed by atoms with Crippen LogP contribution in [0.3, 0.4) is 0 Å². The van der Waals surface area contributed by atoms with Gasteiger partial charge in [-0.1, -0.05) is 78.9 Å². The van der Waals surface area contributed by atoms with Crippen LogP contribution in [0.5, 0.6) is 11.5 Å². The number of fused-ring (bicyclic) bond motifs is 1. The summed E-state index contributed by atoms with van der Waals surface area (Å²) in [5, 5.41) is 0. The molecule has 7 aromatic rings. The van der Waals surface area contributed by atoms with E-state index in [2.05, 4.69) is 99.3 Å². The van der Waals surface area contributed by atoms with E-state index in [1.54, 1.807) is 32.6 Å². The average molecular weight is 656 g/mol. The van der Waals surface area contributed by atoms with Gasteiger partial charge in [0.05, 0.1) is 31.1 Å². The number of allylic oxidation sites excluding steroid dienone is 1. The number of ketones is 1. The van der Waals surface area contributed by atoms with E-state index in [0.29, 0.717) is 18.8 Å². The Bertz CT molecular complexity index is 2190. The number of carbonyl (C=O) groups is 1. The Kier molecular flexibility index (Phi) is 9.51. The molecule has 0 radical (unpaired) electrons. The van der Waals surface area contributed by atoms with Crippen LogP contribution in [0.2, 0.25) is 0 Å². The standard InChI is InChI=1S/C44H37N3O3/c1-49-37-20-16-34(17-21-37)39(28-44(48)40-15-9-10-25-45-40)36-24-26-47-41(35-18-22-38(50-2)23-19-35)29-42(43(47)27-36)46(30-32-11-5-3-6-12-32)31-33-13-7-4-8-14-33/h3-29H,30-31H2,1-2H3/b39-28+. The first-order chi connectivity index (χ1) is 24.6. The van der Waals surface area contributed by atoms with Gasteiger partial charge in [-0.25, -0.2) is 0 Å². The highest BCUT2D eigenvalue weighted by Gasteiger charge is 2.20. The van der Waals surface area contributed by atoms with Gasteiger partial charge >= 0.3 is 0 Å². The number of ether oxygens (including phenoxy) is 2. The maximum atomic E-state index is 13.6. The van der Waals surface area contributed by atoms with Gasteiger partial charge in [0.2, 0.25) is 5.78 Å². The van der Waals surface area contributed by atoms with Crippen molar-refractivity contribution >= 4 is 22.6 Å². The predicted molar refractivity (Wildman–Crippen MR) is 201 cm³/mol. The van der Waals surface area contributed by atoms with Crippen molar-refractivity contribution in [2.24, 2.45) is 0 Å². The topological polar surface area (TPSA) is 56.1 Å². The number of rotatable bonds is 12. The summed E-state index contributed by atoms with van der Waals surface area (Å²) >= 11 is 0. The maximum Gasteiger partial charge on any atom is 0.204 e. The molecule has 0 bridgehead atoms. The number of anilines is 1. The molecular weight excluding hydrogens is 619 g/mol. The SMILES string of the molecule is COc1ccc(/C(=C\C(=O)c2ccccn2)c2ccn3c(-c4ccc(OC)cc4)cc(N(Cc4ccccc4)Cc4ccccc4)c3c2)cc1. The second kappa shape index (κ2) is 14.8. The van der Waals surface area contributed by atoms with Crippen LogP contribution in [0, 0.1) is 0 Å². The van der Waals surface area contributed by atoms with E-state index in [9.17, 15) is 4.79 Å². The first-order valence-electron chi connectivity index (χ1n) is 16.5. The largest absolute Gasteiger partial charge is 0.497 e. The molecule has 50 heavy (non-hydrogen) atoms. The Labute approximate surface area is 292 Å². The highest BCUT2D eigenvalue weighted by Crippen LogP contribution is 2.37. The molecule has 0 spiro atoms. The third-order valence-electron chi connectivity index (χ3n) is 8.81. The molecule has 3 heterocycles. The first-order valence-corrected chi connectivity index (χ1v) is 16.5. The van der Waals surface area contributed by atoms with Crippen molar-refractivity contribution in [1.29, 1.82) is 0 Å². The van der Waals surface area contributed by atoms with Gasteiger partial charge in [-0.15, -0.1) is 0 Å². The third-order valence-corrected chi connectivity index (χ3v) is 8.81. The molecule has 0 unspecified atom stereocenters. The Morgan fingerprint density at radius 1 is 0.680 bits per heavy atom. The van der Waals surface area contributed by atoms with Crippen LogP contribution >= 0.6 is 0 Å². The molecule has 7 rings (SSSR count). The minimum atomic E-state index is -0.166. The summed E-state index contributed by atoms with van der Waals surface area (Å²) in [5.41, 5.74) is 9.63. The second-order valence-electron chi connectivity index (χ2n) is 12.0. The lowest BCUT2D eigenvalue weighted by molar-refractivity contribution is 0.104. The fourth-order valence-corrected chi connectivity index (χ4v) is 6.24. The lowest BCUT2D eigenvalue weighted by Gasteiger charge is -2.25. The van der Waals surface area contributed by atoms with Crippen molar-refractivity contribution in [3.63, 3.8) is 0 Å². The smallest absolute Gasteiger partial charge is 0.204 e. The summed E-state index contributed by atoms with van der Waals surface area (Å²) in [5.74, 6) is 1.38. The summed E-state index contributed by atoms with van der Waals surface area (Å²) in [6.07, 6.45) is 5.43. The van der Waals surface area contributed by atoms with E-state index >= 15 is 0 Å². The first kappa shape index (κ1) is 32.2. The van der Waals surface area contributed by atoms with Crippen molar-refractivity contribution in [3.05, 3.63) is 192 Å². The van der Waals surface area contributed by atoms with Crippen molar-refractivity contribution in [1.82, 2.24) is 9.38 Å². The number of aromatic nitrogens is 2. The van der Waals surface area contributed by atoms with Crippen LogP contribution in [0.25, 0.3) is 22.3 Å². The van der Waals surface area contributed by atoms with Crippen molar-refractivity contribution in [2.45, 2.75) is 13.1 Å². The molecule has 0 fully saturated rings. The Hall–Kier alpha value is -6.40. The molecule has 0 saturated carbocycles. The molecule has 6 heteroatoms. The molecule has 0 aliphatic carbocycles. The molecule has 0 aliphatic heterocycles. The fraction of sp³-hybridized carbons (Fsp3) is 0.0909. The number of hydrogen-bond acceptors (Lipinski definition) is 5.